The van der Waals surface area contributed by atoms with Gasteiger partial charge in [-0.05, 0) is 6.42 Å². The molecule has 138 valence electrons. The quantitative estimate of drug-likeness (QED) is 0.223. The molecule has 1 atom stereocenters. The standard InChI is InChI=1S/C17H31N5O.HI/c1-17(2,3)15(23)19-8-9-20-16(18-4)22-12-7-14(13-22)21-10-5-6-11-21;/h5-6,14H,7-13H2,1-4H3,(H,18,20)(H,19,23);1H. The Bertz CT molecular complexity index is 464. The molecule has 24 heavy (non-hydrogen) atoms. The molecule has 0 aromatic heterocycles. The van der Waals surface area contributed by atoms with Crippen molar-refractivity contribution >= 4 is 35.8 Å². The zero-order valence-electron chi connectivity index (χ0n) is 15.3. The zero-order chi connectivity index (χ0) is 16.9. The molecule has 2 aliphatic heterocycles. The molecule has 0 radical (unpaired) electrons. The highest BCUT2D eigenvalue weighted by Crippen LogP contribution is 2.17. The molecule has 7 heteroatoms. The van der Waals surface area contributed by atoms with Crippen molar-refractivity contribution in [2.45, 2.75) is 33.2 Å². The van der Waals surface area contributed by atoms with Crippen molar-refractivity contribution in [3.05, 3.63) is 12.2 Å². The molecule has 1 fully saturated rings. The number of hydrogen-bond donors (Lipinski definition) is 2. The normalized spacial score (nSPS) is 21.8. The molecule has 0 bridgehead atoms. The number of halogens is 1. The Morgan fingerprint density at radius 2 is 1.83 bits per heavy atom. The van der Waals surface area contributed by atoms with Crippen LogP contribution in [0.15, 0.2) is 17.1 Å². The van der Waals surface area contributed by atoms with Gasteiger partial charge in [0.25, 0.3) is 0 Å². The first kappa shape index (κ1) is 21.2. The molecule has 1 unspecified atom stereocenters. The van der Waals surface area contributed by atoms with Gasteiger partial charge in [-0.3, -0.25) is 14.7 Å². The van der Waals surface area contributed by atoms with Gasteiger partial charge in [0, 0.05) is 57.8 Å². The highest BCUT2D eigenvalue weighted by molar-refractivity contribution is 14.0. The maximum atomic E-state index is 11.8. The number of nitrogens with zero attached hydrogens (tertiary/aromatic N) is 3. The summed E-state index contributed by atoms with van der Waals surface area (Å²) in [5.74, 6) is 1.02. The van der Waals surface area contributed by atoms with Crippen molar-refractivity contribution in [1.82, 2.24) is 20.4 Å². The Balaban J connectivity index is 0.00000288. The van der Waals surface area contributed by atoms with Crippen LogP contribution in [0, 0.1) is 5.41 Å². The summed E-state index contributed by atoms with van der Waals surface area (Å²) in [5.41, 5.74) is -0.340. The molecular weight excluding hydrogens is 417 g/mol. The number of rotatable bonds is 4. The highest BCUT2D eigenvalue weighted by atomic mass is 127. The molecule has 0 aliphatic carbocycles. The van der Waals surface area contributed by atoms with Crippen LogP contribution in [0.3, 0.4) is 0 Å². The lowest BCUT2D eigenvalue weighted by molar-refractivity contribution is -0.128. The molecule has 2 heterocycles. The molecule has 0 aromatic carbocycles. The number of guanidine groups is 1. The second-order valence-electron chi connectivity index (χ2n) is 7.29. The maximum Gasteiger partial charge on any atom is 0.225 e. The summed E-state index contributed by atoms with van der Waals surface area (Å²) in [4.78, 5) is 21.0. The number of likely N-dealkylation sites (tertiary alicyclic amines) is 1. The number of carbonyl (C=O) groups excluding carboxylic acids is 1. The Morgan fingerprint density at radius 3 is 2.42 bits per heavy atom. The highest BCUT2D eigenvalue weighted by Gasteiger charge is 2.29. The average Bonchev–Trinajstić information content (AvgIpc) is 3.16. The second-order valence-corrected chi connectivity index (χ2v) is 7.29. The zero-order valence-corrected chi connectivity index (χ0v) is 17.7. The van der Waals surface area contributed by atoms with E-state index in [9.17, 15) is 4.79 Å². The van der Waals surface area contributed by atoms with E-state index in [1.165, 1.54) is 6.42 Å². The Labute approximate surface area is 163 Å². The van der Waals surface area contributed by atoms with Gasteiger partial charge in [0.15, 0.2) is 5.96 Å². The molecule has 0 spiro atoms. The minimum atomic E-state index is -0.340. The van der Waals surface area contributed by atoms with Crippen molar-refractivity contribution in [2.75, 3.05) is 46.3 Å². The number of aliphatic imine (C=N–C) groups is 1. The van der Waals surface area contributed by atoms with Crippen LogP contribution in [0.25, 0.3) is 0 Å². The summed E-state index contributed by atoms with van der Waals surface area (Å²) < 4.78 is 0. The molecule has 1 amide bonds. The van der Waals surface area contributed by atoms with Gasteiger partial charge >= 0.3 is 0 Å². The molecular formula is C17H32IN5O. The lowest BCUT2D eigenvalue weighted by atomic mass is 9.96. The largest absolute Gasteiger partial charge is 0.354 e. The fourth-order valence-corrected chi connectivity index (χ4v) is 2.97. The lowest BCUT2D eigenvalue weighted by Gasteiger charge is -2.25. The Morgan fingerprint density at radius 1 is 1.21 bits per heavy atom. The summed E-state index contributed by atoms with van der Waals surface area (Å²) in [7, 11) is 1.82. The van der Waals surface area contributed by atoms with E-state index in [1.54, 1.807) is 0 Å². The average molecular weight is 449 g/mol. The van der Waals surface area contributed by atoms with E-state index in [0.29, 0.717) is 19.1 Å². The predicted molar refractivity (Wildman–Crippen MR) is 110 cm³/mol. The van der Waals surface area contributed by atoms with Crippen LogP contribution in [0.5, 0.6) is 0 Å². The number of amides is 1. The second kappa shape index (κ2) is 9.60. The maximum absolute atomic E-state index is 11.8. The smallest absolute Gasteiger partial charge is 0.225 e. The number of carbonyl (C=O) groups is 1. The molecule has 0 saturated carbocycles. The van der Waals surface area contributed by atoms with Crippen LogP contribution < -0.4 is 10.6 Å². The topological polar surface area (TPSA) is 60.0 Å². The van der Waals surface area contributed by atoms with Crippen LogP contribution in [0.2, 0.25) is 0 Å². The molecule has 2 rings (SSSR count). The third-order valence-electron chi connectivity index (χ3n) is 4.41. The SMILES string of the molecule is CN=C(NCCNC(=O)C(C)(C)C)N1CCC(N2CC=CC2)C1.I. The van der Waals surface area contributed by atoms with Crippen molar-refractivity contribution in [2.24, 2.45) is 10.4 Å². The van der Waals surface area contributed by atoms with E-state index in [4.69, 9.17) is 0 Å². The first-order valence-corrected chi connectivity index (χ1v) is 8.55. The van der Waals surface area contributed by atoms with Crippen LogP contribution in [-0.2, 0) is 4.79 Å². The first-order valence-electron chi connectivity index (χ1n) is 8.55. The third kappa shape index (κ3) is 5.91. The summed E-state index contributed by atoms with van der Waals surface area (Å²) >= 11 is 0. The van der Waals surface area contributed by atoms with Crippen LogP contribution in [0.4, 0.5) is 0 Å². The van der Waals surface area contributed by atoms with E-state index in [1.807, 2.05) is 27.8 Å². The summed E-state index contributed by atoms with van der Waals surface area (Å²) in [5, 5.41) is 6.31. The van der Waals surface area contributed by atoms with Gasteiger partial charge < -0.3 is 15.5 Å². The molecule has 6 nitrogen and oxygen atoms in total. The fraction of sp³-hybridized carbons (Fsp3) is 0.765. The summed E-state index contributed by atoms with van der Waals surface area (Å²) in [6.45, 7) is 11.3. The molecule has 0 aromatic rings. The number of hydrogen-bond acceptors (Lipinski definition) is 3. The third-order valence-corrected chi connectivity index (χ3v) is 4.41. The van der Waals surface area contributed by atoms with Gasteiger partial charge in [0.05, 0.1) is 0 Å². The first-order chi connectivity index (χ1) is 10.9. The van der Waals surface area contributed by atoms with E-state index >= 15 is 0 Å². The van der Waals surface area contributed by atoms with Crippen molar-refractivity contribution in [1.29, 1.82) is 0 Å². The summed E-state index contributed by atoms with van der Waals surface area (Å²) in [6.07, 6.45) is 5.67. The van der Waals surface area contributed by atoms with E-state index in [0.717, 1.165) is 32.1 Å². The van der Waals surface area contributed by atoms with E-state index in [2.05, 4.69) is 37.6 Å². The van der Waals surface area contributed by atoms with E-state index in [-0.39, 0.29) is 35.3 Å². The van der Waals surface area contributed by atoms with Gasteiger partial charge in [-0.1, -0.05) is 32.9 Å². The van der Waals surface area contributed by atoms with Gasteiger partial charge in [-0.25, -0.2) is 0 Å². The Kier molecular flexibility index (Phi) is 8.49. The monoisotopic (exact) mass is 449 g/mol. The fourth-order valence-electron chi connectivity index (χ4n) is 2.97. The van der Waals surface area contributed by atoms with Gasteiger partial charge in [-0.2, -0.15) is 0 Å². The predicted octanol–water partition coefficient (Wildman–Crippen LogP) is 1.29. The van der Waals surface area contributed by atoms with Gasteiger partial charge in [0.1, 0.15) is 0 Å². The van der Waals surface area contributed by atoms with Crippen molar-refractivity contribution in [3.8, 4) is 0 Å². The molecule has 2 aliphatic rings. The summed E-state index contributed by atoms with van der Waals surface area (Å²) in [6, 6.07) is 0.615. The van der Waals surface area contributed by atoms with Crippen molar-refractivity contribution < 1.29 is 4.79 Å². The minimum absolute atomic E-state index is 0. The van der Waals surface area contributed by atoms with Gasteiger partial charge in [0.2, 0.25) is 5.91 Å². The van der Waals surface area contributed by atoms with Crippen molar-refractivity contribution in [3.63, 3.8) is 0 Å². The number of nitrogens with one attached hydrogen (secondary N) is 2. The minimum Gasteiger partial charge on any atom is -0.354 e. The van der Waals surface area contributed by atoms with Gasteiger partial charge in [-0.15, -0.1) is 24.0 Å². The van der Waals surface area contributed by atoms with E-state index < -0.39 is 0 Å². The van der Waals surface area contributed by atoms with Crippen LogP contribution in [-0.4, -0.2) is 74.0 Å². The molecule has 2 N–H and O–H groups in total. The lowest BCUT2D eigenvalue weighted by Crippen LogP contribution is -2.45. The Hall–Kier alpha value is -0.830. The van der Waals surface area contributed by atoms with Crippen LogP contribution >= 0.6 is 24.0 Å². The molecule has 1 saturated heterocycles. The van der Waals surface area contributed by atoms with Crippen LogP contribution in [0.1, 0.15) is 27.2 Å².